The van der Waals surface area contributed by atoms with Gasteiger partial charge in [0.05, 0.1) is 22.2 Å². The second-order valence-electron chi connectivity index (χ2n) is 5.00. The van der Waals surface area contributed by atoms with E-state index in [9.17, 15) is 4.21 Å². The zero-order valence-electron chi connectivity index (χ0n) is 12.2. The molecular formula is C15H21N3OS. The summed E-state index contributed by atoms with van der Waals surface area (Å²) in [4.78, 5) is 0.795. The van der Waals surface area contributed by atoms with Gasteiger partial charge in [0.2, 0.25) is 0 Å². The molecule has 2 aromatic rings. The number of hydrogen-bond acceptors (Lipinski definition) is 3. The van der Waals surface area contributed by atoms with Crippen molar-refractivity contribution in [2.24, 2.45) is 0 Å². The molecule has 1 aromatic heterocycles. The Kier molecular flexibility index (Phi) is 4.60. The average molecular weight is 291 g/mol. The molecule has 1 heterocycles. The maximum atomic E-state index is 12.4. The summed E-state index contributed by atoms with van der Waals surface area (Å²) in [5, 5.41) is 4.49. The van der Waals surface area contributed by atoms with E-state index >= 15 is 0 Å². The van der Waals surface area contributed by atoms with Gasteiger partial charge in [-0.25, -0.2) is 0 Å². The van der Waals surface area contributed by atoms with Gasteiger partial charge in [0, 0.05) is 22.8 Å². The van der Waals surface area contributed by atoms with E-state index in [4.69, 9.17) is 5.73 Å². The molecule has 20 heavy (non-hydrogen) atoms. The van der Waals surface area contributed by atoms with Gasteiger partial charge in [-0.2, -0.15) is 5.10 Å². The van der Waals surface area contributed by atoms with Crippen molar-refractivity contribution in [3.8, 4) is 0 Å². The van der Waals surface area contributed by atoms with Gasteiger partial charge in [-0.05, 0) is 44.0 Å². The second kappa shape index (κ2) is 6.22. The number of aromatic nitrogens is 2. The molecule has 0 aliphatic carbocycles. The summed E-state index contributed by atoms with van der Waals surface area (Å²) in [6.07, 6.45) is 2.98. The van der Waals surface area contributed by atoms with Crippen LogP contribution in [0.5, 0.6) is 0 Å². The van der Waals surface area contributed by atoms with Crippen molar-refractivity contribution in [2.75, 3.05) is 5.73 Å². The highest BCUT2D eigenvalue weighted by Crippen LogP contribution is 2.21. The van der Waals surface area contributed by atoms with E-state index in [-0.39, 0.29) is 0 Å². The number of nitrogens with two attached hydrogens (primary N) is 1. The predicted molar refractivity (Wildman–Crippen MR) is 82.9 cm³/mol. The summed E-state index contributed by atoms with van der Waals surface area (Å²) in [5.74, 6) is 0.424. The number of hydrogen-bond donors (Lipinski definition) is 1. The summed E-state index contributed by atoms with van der Waals surface area (Å²) < 4.78 is 14.4. The lowest BCUT2D eigenvalue weighted by Crippen LogP contribution is -2.06. The van der Waals surface area contributed by atoms with Gasteiger partial charge in [0.1, 0.15) is 0 Å². The van der Waals surface area contributed by atoms with E-state index in [1.54, 1.807) is 0 Å². The summed E-state index contributed by atoms with van der Waals surface area (Å²) >= 11 is 0. The Morgan fingerprint density at radius 1 is 1.40 bits per heavy atom. The third-order valence-electron chi connectivity index (χ3n) is 3.56. The van der Waals surface area contributed by atoms with Gasteiger partial charge < -0.3 is 5.73 Å². The highest BCUT2D eigenvalue weighted by atomic mass is 32.2. The van der Waals surface area contributed by atoms with Crippen LogP contribution in [0.3, 0.4) is 0 Å². The minimum atomic E-state index is -1.11. The molecule has 2 N–H and O–H groups in total. The molecule has 0 aliphatic heterocycles. The van der Waals surface area contributed by atoms with Crippen LogP contribution in [0.2, 0.25) is 0 Å². The van der Waals surface area contributed by atoms with Crippen LogP contribution in [-0.4, -0.2) is 14.0 Å². The number of nitrogens with zero attached hydrogens (tertiary/aromatic N) is 2. The molecule has 0 spiro atoms. The number of rotatable bonds is 5. The van der Waals surface area contributed by atoms with Crippen molar-refractivity contribution in [1.29, 1.82) is 0 Å². The standard InChI is InChI=1S/C15H21N3OS/c1-4-11(2)18-9-8-13(17-18)10-20(19)15-7-5-6-14(16)12(15)3/h5-9,11H,4,10,16H2,1-3H3. The molecule has 0 bridgehead atoms. The van der Waals surface area contributed by atoms with Crippen LogP contribution in [0.15, 0.2) is 35.4 Å². The summed E-state index contributed by atoms with van der Waals surface area (Å²) in [7, 11) is -1.11. The molecule has 2 rings (SSSR count). The van der Waals surface area contributed by atoms with Crippen molar-refractivity contribution >= 4 is 16.5 Å². The maximum absolute atomic E-state index is 12.4. The first-order valence-electron chi connectivity index (χ1n) is 6.80. The van der Waals surface area contributed by atoms with Gasteiger partial charge in [0.15, 0.2) is 0 Å². The fourth-order valence-electron chi connectivity index (χ4n) is 1.98. The zero-order valence-corrected chi connectivity index (χ0v) is 13.0. The van der Waals surface area contributed by atoms with Gasteiger partial charge >= 0.3 is 0 Å². The Bertz CT molecular complexity index is 621. The highest BCUT2D eigenvalue weighted by molar-refractivity contribution is 7.84. The van der Waals surface area contributed by atoms with Gasteiger partial charge in [-0.3, -0.25) is 8.89 Å². The minimum absolute atomic E-state index is 0.367. The molecule has 4 nitrogen and oxygen atoms in total. The molecule has 1 aromatic carbocycles. The number of anilines is 1. The molecule has 5 heteroatoms. The Balaban J connectivity index is 2.15. The molecule has 0 radical (unpaired) electrons. The minimum Gasteiger partial charge on any atom is -0.398 e. The number of benzene rings is 1. The van der Waals surface area contributed by atoms with Crippen molar-refractivity contribution in [2.45, 2.75) is 43.9 Å². The average Bonchev–Trinajstić information content (AvgIpc) is 2.89. The predicted octanol–water partition coefficient (Wildman–Crippen LogP) is 3.05. The fourth-order valence-corrected chi connectivity index (χ4v) is 3.24. The van der Waals surface area contributed by atoms with E-state index < -0.39 is 10.8 Å². The quantitative estimate of drug-likeness (QED) is 0.861. The Morgan fingerprint density at radius 2 is 2.15 bits per heavy atom. The summed E-state index contributed by atoms with van der Waals surface area (Å²) in [6.45, 7) is 6.15. The lowest BCUT2D eigenvalue weighted by atomic mass is 10.2. The van der Waals surface area contributed by atoms with E-state index in [0.29, 0.717) is 17.5 Å². The fraction of sp³-hybridized carbons (Fsp3) is 0.400. The maximum Gasteiger partial charge on any atom is 0.0753 e. The number of nitrogen functional groups attached to an aromatic ring is 1. The monoisotopic (exact) mass is 291 g/mol. The van der Waals surface area contributed by atoms with Crippen molar-refractivity contribution in [3.63, 3.8) is 0 Å². The molecule has 0 saturated carbocycles. The van der Waals surface area contributed by atoms with E-state index in [1.165, 1.54) is 0 Å². The van der Waals surface area contributed by atoms with E-state index in [1.807, 2.05) is 42.1 Å². The Labute approximate surface area is 122 Å². The van der Waals surface area contributed by atoms with Crippen LogP contribution < -0.4 is 5.73 Å². The Morgan fingerprint density at radius 3 is 2.85 bits per heavy atom. The second-order valence-corrected chi connectivity index (χ2v) is 6.42. The van der Waals surface area contributed by atoms with Gasteiger partial charge in [-0.15, -0.1) is 0 Å². The van der Waals surface area contributed by atoms with Crippen molar-refractivity contribution in [3.05, 3.63) is 41.7 Å². The first-order chi connectivity index (χ1) is 9.52. The largest absolute Gasteiger partial charge is 0.398 e. The normalized spacial score (nSPS) is 14.2. The molecule has 2 atom stereocenters. The molecular weight excluding hydrogens is 270 g/mol. The van der Waals surface area contributed by atoms with Crippen LogP contribution in [0, 0.1) is 6.92 Å². The molecule has 0 saturated heterocycles. The third kappa shape index (κ3) is 3.10. The topological polar surface area (TPSA) is 60.9 Å². The molecule has 0 amide bonds. The van der Waals surface area contributed by atoms with Gasteiger partial charge in [0.25, 0.3) is 0 Å². The van der Waals surface area contributed by atoms with Crippen molar-refractivity contribution in [1.82, 2.24) is 9.78 Å². The lowest BCUT2D eigenvalue weighted by molar-refractivity contribution is 0.475. The zero-order chi connectivity index (χ0) is 14.7. The van der Waals surface area contributed by atoms with Crippen LogP contribution in [0.1, 0.15) is 37.6 Å². The first-order valence-corrected chi connectivity index (χ1v) is 8.12. The first kappa shape index (κ1) is 14.8. The lowest BCUT2D eigenvalue weighted by Gasteiger charge is -2.09. The van der Waals surface area contributed by atoms with Gasteiger partial charge in [-0.1, -0.05) is 13.0 Å². The van der Waals surface area contributed by atoms with Crippen LogP contribution in [0.4, 0.5) is 5.69 Å². The molecule has 0 aliphatic rings. The van der Waals surface area contributed by atoms with Crippen LogP contribution >= 0.6 is 0 Å². The van der Waals surface area contributed by atoms with E-state index in [2.05, 4.69) is 18.9 Å². The third-order valence-corrected chi connectivity index (χ3v) is 5.05. The Hall–Kier alpha value is -1.62. The molecule has 108 valence electrons. The smallest absolute Gasteiger partial charge is 0.0753 e. The summed E-state index contributed by atoms with van der Waals surface area (Å²) in [5.41, 5.74) is 8.29. The van der Waals surface area contributed by atoms with Crippen LogP contribution in [-0.2, 0) is 16.6 Å². The SMILES string of the molecule is CCC(C)n1ccc(CS(=O)c2cccc(N)c2C)n1. The van der Waals surface area contributed by atoms with E-state index in [0.717, 1.165) is 22.6 Å². The highest BCUT2D eigenvalue weighted by Gasteiger charge is 2.12. The summed E-state index contributed by atoms with van der Waals surface area (Å²) in [6, 6.07) is 7.84. The van der Waals surface area contributed by atoms with Crippen molar-refractivity contribution < 1.29 is 4.21 Å². The van der Waals surface area contributed by atoms with Crippen LogP contribution in [0.25, 0.3) is 0 Å². The molecule has 0 fully saturated rings. The molecule has 2 unspecified atom stereocenters.